The number of amides is 4. The summed E-state index contributed by atoms with van der Waals surface area (Å²) in [4.78, 5) is 91.6. The number of benzene rings is 1. The predicted octanol–water partition coefficient (Wildman–Crippen LogP) is 0.569. The monoisotopic (exact) mass is 674 g/mol. The molecular weight excluding hydrogens is 632 g/mol. The predicted molar refractivity (Wildman–Crippen MR) is 168 cm³/mol. The maximum atomic E-state index is 12.0. The molecule has 4 amide bonds. The molecule has 0 unspecified atom stereocenters. The zero-order chi connectivity index (χ0) is 35.9. The van der Waals surface area contributed by atoms with E-state index in [2.05, 4.69) is 35.5 Å². The molecule has 1 aliphatic carbocycles. The van der Waals surface area contributed by atoms with Crippen LogP contribution in [0.15, 0.2) is 54.6 Å². The molecule has 4 N–H and O–H groups in total. The summed E-state index contributed by atoms with van der Waals surface area (Å²) in [7, 11) is 2.35. The lowest BCUT2D eigenvalue weighted by Crippen LogP contribution is -2.47. The van der Waals surface area contributed by atoms with E-state index in [1.807, 2.05) is 0 Å². The van der Waals surface area contributed by atoms with Crippen molar-refractivity contribution in [3.63, 3.8) is 0 Å². The van der Waals surface area contributed by atoms with Crippen molar-refractivity contribution in [3.8, 4) is 0 Å². The second-order valence-electron chi connectivity index (χ2n) is 10.1. The minimum absolute atomic E-state index is 0.0321. The number of hydrogen-bond acceptors (Lipinski definition) is 12. The van der Waals surface area contributed by atoms with Gasteiger partial charge in [0.2, 0.25) is 17.7 Å². The van der Waals surface area contributed by atoms with E-state index in [9.17, 15) is 38.4 Å². The van der Waals surface area contributed by atoms with Crippen LogP contribution < -0.4 is 21.3 Å². The van der Waals surface area contributed by atoms with Crippen LogP contribution in [-0.4, -0.2) is 87.3 Å². The standard InChI is InChI=1S/C16H24N2O6.C16H18N2O6/c2*1-11(18-16(22)12-6-4-3-5-7-12)15(21)17-10-24-14(20)9-8-13(19)23-2/h8-9,11-12H,3-7,10H2,1-2H3,(H,17,21)(H,18,22);3-9,11H,10H2,1-2H3,(H,17,21)(H,18,22)/b2*9-8+/t2*11-/m00/s1. The molecule has 1 saturated carbocycles. The van der Waals surface area contributed by atoms with Crippen molar-refractivity contribution in [3.05, 3.63) is 60.2 Å². The second kappa shape index (κ2) is 22.9. The first kappa shape index (κ1) is 40.5. The molecule has 1 aromatic rings. The fourth-order valence-corrected chi connectivity index (χ4v) is 3.86. The minimum atomic E-state index is -0.818. The van der Waals surface area contributed by atoms with E-state index in [4.69, 9.17) is 4.74 Å². The molecule has 0 bridgehead atoms. The molecule has 1 fully saturated rings. The maximum Gasteiger partial charge on any atom is 0.332 e. The average molecular weight is 675 g/mol. The van der Waals surface area contributed by atoms with E-state index < -0.39 is 60.4 Å². The number of methoxy groups -OCH3 is 2. The Morgan fingerprint density at radius 2 is 1.10 bits per heavy atom. The lowest BCUT2D eigenvalue weighted by atomic mass is 9.88. The van der Waals surface area contributed by atoms with Gasteiger partial charge in [0.05, 0.1) is 14.2 Å². The first-order valence-corrected chi connectivity index (χ1v) is 14.9. The molecule has 0 spiro atoms. The van der Waals surface area contributed by atoms with Crippen molar-refractivity contribution >= 4 is 47.5 Å². The Morgan fingerprint density at radius 1 is 0.667 bits per heavy atom. The summed E-state index contributed by atoms with van der Waals surface area (Å²) in [6.45, 7) is 2.31. The summed E-state index contributed by atoms with van der Waals surface area (Å²) in [5.74, 6) is -4.51. The molecule has 16 heteroatoms. The summed E-state index contributed by atoms with van der Waals surface area (Å²) in [6, 6.07) is 6.90. The van der Waals surface area contributed by atoms with Crippen LogP contribution >= 0.6 is 0 Å². The Bertz CT molecular complexity index is 1320. The van der Waals surface area contributed by atoms with Crippen LogP contribution in [0, 0.1) is 5.92 Å². The van der Waals surface area contributed by atoms with Gasteiger partial charge in [-0.1, -0.05) is 37.5 Å². The van der Waals surface area contributed by atoms with Gasteiger partial charge < -0.3 is 40.2 Å². The van der Waals surface area contributed by atoms with Gasteiger partial charge >= 0.3 is 23.9 Å². The van der Waals surface area contributed by atoms with E-state index in [-0.39, 0.29) is 18.6 Å². The van der Waals surface area contributed by atoms with Crippen molar-refractivity contribution in [2.45, 2.75) is 58.0 Å². The number of carbonyl (C=O) groups is 8. The third-order valence-electron chi connectivity index (χ3n) is 6.54. The summed E-state index contributed by atoms with van der Waals surface area (Å²) in [6.07, 6.45) is 8.50. The molecule has 1 aliphatic rings. The number of hydrogen-bond donors (Lipinski definition) is 4. The zero-order valence-corrected chi connectivity index (χ0v) is 27.3. The van der Waals surface area contributed by atoms with Gasteiger partial charge in [-0.25, -0.2) is 19.2 Å². The molecular formula is C32H42N4O12. The molecule has 0 radical (unpaired) electrons. The molecule has 0 aliphatic heterocycles. The number of ether oxygens (including phenoxy) is 4. The number of carbonyl (C=O) groups excluding carboxylic acids is 8. The van der Waals surface area contributed by atoms with E-state index in [1.54, 1.807) is 37.3 Å². The summed E-state index contributed by atoms with van der Waals surface area (Å²) < 4.78 is 18.0. The fraction of sp³-hybridized carbons (Fsp3) is 0.438. The summed E-state index contributed by atoms with van der Waals surface area (Å²) in [5.41, 5.74) is 0.427. The first-order valence-electron chi connectivity index (χ1n) is 14.9. The minimum Gasteiger partial charge on any atom is -0.466 e. The first-order chi connectivity index (χ1) is 22.9. The van der Waals surface area contributed by atoms with Gasteiger partial charge in [0, 0.05) is 35.8 Å². The van der Waals surface area contributed by atoms with Crippen LogP contribution in [0.25, 0.3) is 0 Å². The van der Waals surface area contributed by atoms with Crippen LogP contribution in [-0.2, 0) is 52.5 Å². The van der Waals surface area contributed by atoms with Gasteiger partial charge in [-0.05, 0) is 38.8 Å². The highest BCUT2D eigenvalue weighted by Gasteiger charge is 2.24. The van der Waals surface area contributed by atoms with Crippen molar-refractivity contribution in [2.75, 3.05) is 27.7 Å². The number of esters is 4. The highest BCUT2D eigenvalue weighted by Crippen LogP contribution is 2.23. The van der Waals surface area contributed by atoms with E-state index >= 15 is 0 Å². The van der Waals surface area contributed by atoms with Gasteiger partial charge in [-0.15, -0.1) is 0 Å². The van der Waals surface area contributed by atoms with E-state index in [1.165, 1.54) is 21.1 Å². The zero-order valence-electron chi connectivity index (χ0n) is 27.3. The quantitative estimate of drug-likeness (QED) is 0.0921. The molecule has 0 aromatic heterocycles. The largest absolute Gasteiger partial charge is 0.466 e. The normalized spacial score (nSPS) is 13.8. The molecule has 2 atom stereocenters. The Hall–Kier alpha value is -5.54. The summed E-state index contributed by atoms with van der Waals surface area (Å²) in [5, 5.41) is 9.89. The number of nitrogens with one attached hydrogen (secondary N) is 4. The smallest absolute Gasteiger partial charge is 0.332 e. The Morgan fingerprint density at radius 3 is 1.56 bits per heavy atom. The summed E-state index contributed by atoms with van der Waals surface area (Å²) >= 11 is 0. The van der Waals surface area contributed by atoms with E-state index in [0.29, 0.717) is 5.56 Å². The molecule has 262 valence electrons. The Labute approximate surface area is 277 Å². The van der Waals surface area contributed by atoms with Crippen LogP contribution in [0.4, 0.5) is 0 Å². The molecule has 48 heavy (non-hydrogen) atoms. The Kier molecular flexibility index (Phi) is 19.3. The molecule has 0 saturated heterocycles. The topological polar surface area (TPSA) is 222 Å². The van der Waals surface area contributed by atoms with Crippen LogP contribution in [0.1, 0.15) is 56.3 Å². The van der Waals surface area contributed by atoms with Gasteiger partial charge in [0.15, 0.2) is 13.5 Å². The lowest BCUT2D eigenvalue weighted by Gasteiger charge is -2.22. The third-order valence-corrected chi connectivity index (χ3v) is 6.54. The molecule has 16 nitrogen and oxygen atoms in total. The van der Waals surface area contributed by atoms with Gasteiger partial charge in [-0.3, -0.25) is 19.2 Å². The van der Waals surface area contributed by atoms with Crippen LogP contribution in [0.5, 0.6) is 0 Å². The highest BCUT2D eigenvalue weighted by molar-refractivity contribution is 5.97. The molecule has 0 heterocycles. The van der Waals surface area contributed by atoms with Gasteiger partial charge in [0.1, 0.15) is 12.1 Å². The van der Waals surface area contributed by atoms with Gasteiger partial charge in [0.25, 0.3) is 5.91 Å². The SMILES string of the molecule is COC(=O)/C=C/C(=O)OCNC(=O)[C@H](C)NC(=O)C1CCCCC1.COC(=O)/C=C/C(=O)OCNC(=O)[C@H](C)NC(=O)c1ccccc1. The maximum absolute atomic E-state index is 12.0. The highest BCUT2D eigenvalue weighted by atomic mass is 16.5. The van der Waals surface area contributed by atoms with Crippen molar-refractivity contribution in [1.29, 1.82) is 0 Å². The van der Waals surface area contributed by atoms with Crippen LogP contribution in [0.2, 0.25) is 0 Å². The fourth-order valence-electron chi connectivity index (χ4n) is 3.86. The van der Waals surface area contributed by atoms with Crippen molar-refractivity contribution in [2.24, 2.45) is 5.92 Å². The van der Waals surface area contributed by atoms with E-state index in [0.717, 1.165) is 56.4 Å². The van der Waals surface area contributed by atoms with Crippen molar-refractivity contribution < 1.29 is 57.3 Å². The van der Waals surface area contributed by atoms with Gasteiger partial charge in [-0.2, -0.15) is 0 Å². The molecule has 2 rings (SSSR count). The lowest BCUT2D eigenvalue weighted by molar-refractivity contribution is -0.142. The average Bonchev–Trinajstić information content (AvgIpc) is 3.10. The second-order valence-corrected chi connectivity index (χ2v) is 10.1. The molecule has 1 aromatic carbocycles. The van der Waals surface area contributed by atoms with Crippen LogP contribution in [0.3, 0.4) is 0 Å². The number of rotatable bonds is 14. The Balaban J connectivity index is 0.000000480. The third kappa shape index (κ3) is 17.2. The van der Waals surface area contributed by atoms with Crippen molar-refractivity contribution in [1.82, 2.24) is 21.3 Å².